The van der Waals surface area contributed by atoms with E-state index in [0.29, 0.717) is 19.8 Å². The number of hydrogen-bond acceptors (Lipinski definition) is 4. The van der Waals surface area contributed by atoms with Gasteiger partial charge >= 0.3 is 0 Å². The Morgan fingerprint density at radius 2 is 1.96 bits per heavy atom. The van der Waals surface area contributed by atoms with E-state index >= 15 is 0 Å². The number of ether oxygens (including phenoxy) is 2. The molecule has 0 radical (unpaired) electrons. The normalized spacial score (nSPS) is 11.3. The van der Waals surface area contributed by atoms with E-state index in [9.17, 15) is 0 Å². The van der Waals surface area contributed by atoms with Gasteiger partial charge in [-0.05, 0) is 49.1 Å². The lowest BCUT2D eigenvalue weighted by atomic mass is 10.1. The Hall–Kier alpha value is -2.60. The van der Waals surface area contributed by atoms with Crippen molar-refractivity contribution in [2.24, 2.45) is 4.99 Å². The summed E-state index contributed by atoms with van der Waals surface area (Å²) >= 11 is 0. The number of aryl methyl sites for hydroxylation is 2. The molecule has 0 aliphatic heterocycles. The molecule has 2 aromatic rings. The maximum atomic E-state index is 5.85. The molecule has 0 amide bonds. The van der Waals surface area contributed by atoms with Crippen LogP contribution in [0.2, 0.25) is 0 Å². The first-order chi connectivity index (χ1) is 13.1. The lowest BCUT2D eigenvalue weighted by molar-refractivity contribution is 0.145. The molecular formula is C21H30N4O2. The monoisotopic (exact) mass is 370 g/mol. The highest BCUT2D eigenvalue weighted by Crippen LogP contribution is 2.20. The lowest BCUT2D eigenvalue weighted by Crippen LogP contribution is -2.38. The van der Waals surface area contributed by atoms with Gasteiger partial charge in [0.1, 0.15) is 12.4 Å². The van der Waals surface area contributed by atoms with Crippen molar-refractivity contribution in [1.29, 1.82) is 0 Å². The summed E-state index contributed by atoms with van der Waals surface area (Å²) in [4.78, 5) is 8.43. The smallest absolute Gasteiger partial charge is 0.191 e. The Kier molecular flexibility index (Phi) is 8.58. The molecule has 1 aromatic heterocycles. The summed E-state index contributed by atoms with van der Waals surface area (Å²) in [5.41, 5.74) is 4.76. The van der Waals surface area contributed by atoms with Crippen molar-refractivity contribution in [2.45, 2.75) is 26.8 Å². The number of pyridine rings is 1. The van der Waals surface area contributed by atoms with Gasteiger partial charge in [0, 0.05) is 45.2 Å². The fourth-order valence-corrected chi connectivity index (χ4v) is 2.67. The van der Waals surface area contributed by atoms with Crippen LogP contribution in [-0.4, -0.2) is 44.9 Å². The summed E-state index contributed by atoms with van der Waals surface area (Å²) in [6.07, 6.45) is 4.65. The van der Waals surface area contributed by atoms with Crippen molar-refractivity contribution in [3.05, 3.63) is 58.9 Å². The van der Waals surface area contributed by atoms with Crippen LogP contribution >= 0.6 is 0 Å². The van der Waals surface area contributed by atoms with Crippen LogP contribution in [0.15, 0.2) is 41.7 Å². The molecule has 0 fully saturated rings. The molecule has 1 aromatic carbocycles. The van der Waals surface area contributed by atoms with Gasteiger partial charge in [0.2, 0.25) is 0 Å². The maximum absolute atomic E-state index is 5.85. The Labute approximate surface area is 162 Å². The average Bonchev–Trinajstić information content (AvgIpc) is 2.67. The number of hydrogen-bond donors (Lipinski definition) is 2. The largest absolute Gasteiger partial charge is 0.491 e. The Morgan fingerprint density at radius 3 is 2.70 bits per heavy atom. The first-order valence-electron chi connectivity index (χ1n) is 9.19. The van der Waals surface area contributed by atoms with Crippen LogP contribution in [0.4, 0.5) is 0 Å². The number of nitrogens with zero attached hydrogens (tertiary/aromatic N) is 2. The second-order valence-corrected chi connectivity index (χ2v) is 6.36. The number of rotatable bonds is 9. The molecule has 2 rings (SSSR count). The van der Waals surface area contributed by atoms with E-state index in [1.165, 1.54) is 16.7 Å². The van der Waals surface area contributed by atoms with Crippen molar-refractivity contribution in [1.82, 2.24) is 15.6 Å². The summed E-state index contributed by atoms with van der Waals surface area (Å²) in [7, 11) is 3.45. The zero-order valence-electron chi connectivity index (χ0n) is 16.7. The molecule has 146 valence electrons. The minimum Gasteiger partial charge on any atom is -0.491 e. The zero-order valence-corrected chi connectivity index (χ0v) is 16.7. The molecule has 2 N–H and O–H groups in total. The number of guanidine groups is 1. The van der Waals surface area contributed by atoms with Crippen LogP contribution in [0.1, 0.15) is 22.3 Å². The molecule has 0 saturated heterocycles. The molecule has 0 spiro atoms. The summed E-state index contributed by atoms with van der Waals surface area (Å²) < 4.78 is 10.9. The molecular weight excluding hydrogens is 340 g/mol. The van der Waals surface area contributed by atoms with Crippen molar-refractivity contribution >= 4 is 5.96 Å². The Bertz CT molecular complexity index is 747. The molecule has 0 unspecified atom stereocenters. The zero-order chi connectivity index (χ0) is 19.5. The van der Waals surface area contributed by atoms with Gasteiger partial charge in [-0.1, -0.05) is 12.1 Å². The van der Waals surface area contributed by atoms with E-state index in [-0.39, 0.29) is 0 Å². The second kappa shape index (κ2) is 11.2. The minimum atomic E-state index is 0.533. The fourth-order valence-electron chi connectivity index (χ4n) is 2.67. The highest BCUT2D eigenvalue weighted by Gasteiger charge is 2.06. The molecule has 27 heavy (non-hydrogen) atoms. The van der Waals surface area contributed by atoms with Crippen molar-refractivity contribution in [2.75, 3.05) is 33.9 Å². The number of aliphatic imine (C=N–C) groups is 1. The van der Waals surface area contributed by atoms with Gasteiger partial charge in [0.05, 0.1) is 6.61 Å². The molecule has 6 nitrogen and oxygen atoms in total. The van der Waals surface area contributed by atoms with Crippen molar-refractivity contribution in [3.8, 4) is 5.75 Å². The van der Waals surface area contributed by atoms with E-state index in [4.69, 9.17) is 9.47 Å². The van der Waals surface area contributed by atoms with Gasteiger partial charge in [-0.25, -0.2) is 0 Å². The molecule has 1 heterocycles. The van der Waals surface area contributed by atoms with Gasteiger partial charge in [-0.2, -0.15) is 0 Å². The van der Waals surface area contributed by atoms with Gasteiger partial charge in [-0.15, -0.1) is 0 Å². The van der Waals surface area contributed by atoms with Gasteiger partial charge in [-0.3, -0.25) is 9.98 Å². The highest BCUT2D eigenvalue weighted by molar-refractivity contribution is 5.79. The lowest BCUT2D eigenvalue weighted by Gasteiger charge is -2.15. The number of nitrogens with one attached hydrogen (secondary N) is 2. The third-order valence-electron chi connectivity index (χ3n) is 4.26. The summed E-state index contributed by atoms with van der Waals surface area (Å²) in [5.74, 6) is 1.65. The predicted molar refractivity (Wildman–Crippen MR) is 109 cm³/mol. The average molecular weight is 370 g/mol. The van der Waals surface area contributed by atoms with E-state index < -0.39 is 0 Å². The molecule has 0 saturated carbocycles. The molecule has 0 atom stereocenters. The predicted octanol–water partition coefficient (Wildman–Crippen LogP) is 2.63. The molecule has 6 heteroatoms. The molecule has 0 aliphatic carbocycles. The van der Waals surface area contributed by atoms with Crippen LogP contribution < -0.4 is 15.4 Å². The highest BCUT2D eigenvalue weighted by atomic mass is 16.5. The first-order valence-corrected chi connectivity index (χ1v) is 9.19. The number of methoxy groups -OCH3 is 1. The van der Waals surface area contributed by atoms with E-state index in [1.807, 2.05) is 12.4 Å². The number of benzene rings is 1. The van der Waals surface area contributed by atoms with E-state index in [1.54, 1.807) is 14.2 Å². The third kappa shape index (κ3) is 6.90. The van der Waals surface area contributed by atoms with Crippen LogP contribution in [-0.2, 0) is 17.7 Å². The summed E-state index contributed by atoms with van der Waals surface area (Å²) in [5, 5.41) is 6.71. The molecule has 0 bridgehead atoms. The third-order valence-corrected chi connectivity index (χ3v) is 4.26. The Morgan fingerprint density at radius 1 is 1.11 bits per heavy atom. The summed E-state index contributed by atoms with van der Waals surface area (Å²) in [6.45, 7) is 6.68. The molecule has 0 aliphatic rings. The number of aromatic nitrogens is 1. The van der Waals surface area contributed by atoms with Crippen molar-refractivity contribution in [3.63, 3.8) is 0 Å². The quantitative estimate of drug-likeness (QED) is 0.403. The van der Waals surface area contributed by atoms with Crippen LogP contribution in [0.5, 0.6) is 5.75 Å². The second-order valence-electron chi connectivity index (χ2n) is 6.36. The van der Waals surface area contributed by atoms with Crippen LogP contribution in [0, 0.1) is 13.8 Å². The van der Waals surface area contributed by atoms with Crippen molar-refractivity contribution < 1.29 is 9.47 Å². The fraction of sp³-hybridized carbons (Fsp3) is 0.429. The van der Waals surface area contributed by atoms with Crippen LogP contribution in [0.3, 0.4) is 0 Å². The standard InChI is InChI=1S/C21H30N4O2/c1-16-5-6-19(20(13-16)27-12-11-26-4)15-25-21(22-3)24-10-8-18-7-9-23-14-17(18)2/h5-7,9,13-14H,8,10-12,15H2,1-4H3,(H2,22,24,25). The Balaban J connectivity index is 1.87. The van der Waals surface area contributed by atoms with Gasteiger partial charge in [0.25, 0.3) is 0 Å². The minimum absolute atomic E-state index is 0.533. The van der Waals surface area contributed by atoms with Crippen LogP contribution in [0.25, 0.3) is 0 Å². The van der Waals surface area contributed by atoms with E-state index in [0.717, 1.165) is 30.2 Å². The van der Waals surface area contributed by atoms with E-state index in [2.05, 4.69) is 58.7 Å². The topological polar surface area (TPSA) is 67.8 Å². The summed E-state index contributed by atoms with van der Waals surface area (Å²) in [6, 6.07) is 8.28. The van der Waals surface area contributed by atoms with Gasteiger partial charge in [0.15, 0.2) is 5.96 Å². The SMILES string of the molecule is CN=C(NCCc1ccncc1C)NCc1ccc(C)cc1OCCOC. The van der Waals surface area contributed by atoms with Gasteiger partial charge < -0.3 is 20.1 Å². The maximum Gasteiger partial charge on any atom is 0.191 e. The first kappa shape index (κ1) is 20.7.